The highest BCUT2D eigenvalue weighted by atomic mass is 31.2. The Kier molecular flexibility index (Phi) is 25.6. The van der Waals surface area contributed by atoms with E-state index in [9.17, 15) is 29.5 Å². The predicted octanol–water partition coefficient (Wildman–Crippen LogP) is 7.00. The molecule has 12 heteroatoms. The van der Waals surface area contributed by atoms with Gasteiger partial charge in [0.15, 0.2) is 6.10 Å². The highest BCUT2D eigenvalue weighted by molar-refractivity contribution is 7.46. The first-order valence-corrected chi connectivity index (χ1v) is 20.1. The van der Waals surface area contributed by atoms with Crippen LogP contribution in [0.15, 0.2) is 36.5 Å². The summed E-state index contributed by atoms with van der Waals surface area (Å²) >= 11 is 0. The molecule has 0 aromatic rings. The van der Waals surface area contributed by atoms with Crippen LogP contribution in [0.5, 0.6) is 0 Å². The van der Waals surface area contributed by atoms with Crippen LogP contribution in [0.1, 0.15) is 136 Å². The van der Waals surface area contributed by atoms with Crippen molar-refractivity contribution in [2.24, 2.45) is 11.8 Å². The maximum Gasteiger partial charge on any atom is 0.469 e. The molecule has 1 aliphatic rings. The van der Waals surface area contributed by atoms with Gasteiger partial charge in [-0.2, -0.15) is 0 Å². The first kappa shape index (κ1) is 45.2. The fourth-order valence-electron chi connectivity index (χ4n) is 5.82. The van der Waals surface area contributed by atoms with Gasteiger partial charge in [0.25, 0.3) is 0 Å². The van der Waals surface area contributed by atoms with Gasteiger partial charge < -0.3 is 34.6 Å². The Bertz CT molecular complexity index is 1010. The molecule has 49 heavy (non-hydrogen) atoms. The molecule has 11 nitrogen and oxygen atoms in total. The summed E-state index contributed by atoms with van der Waals surface area (Å²) in [5.41, 5.74) is 0. The molecule has 0 aromatic heterocycles. The molecule has 1 saturated carbocycles. The number of allylic oxidation sites excluding steroid dienone is 4. The largest absolute Gasteiger partial charge is 0.469 e. The number of carbonyl (C=O) groups excluding carboxylic acids is 2. The summed E-state index contributed by atoms with van der Waals surface area (Å²) in [6.07, 6.45) is 24.0. The lowest BCUT2D eigenvalue weighted by molar-refractivity contribution is -0.161. The van der Waals surface area contributed by atoms with E-state index in [1.807, 2.05) is 18.2 Å². The molecule has 0 unspecified atom stereocenters. The standard InChI is InChI=1S/C37H65O11P/c1-3-5-7-8-9-10-11-12-13-14-19-23-36(41)46-28-31(29-47-49(43,44)45)48-37(42)24-20-16-15-18-22-32-33(35(40)27-34(32)39)26-25-30(38)21-17-6-4-2/h8-9,15,18,25-26,30-35,38-40H,3-7,10-14,16-17,19-24,27-29H2,1-2H3,(H2,43,44,45)/b9-8-,18-15+,26-25+/t30-,31+,32+,33+,34-,35+/m0/s1. The molecule has 5 N–H and O–H groups in total. The Balaban J connectivity index is 2.39. The SMILES string of the molecule is CCCC/C=C\CCCCCCCC(=O)OC[C@H](COP(=O)(O)O)OC(=O)CCC/C=C/C[C@@H]1[C@@H](/C=C/[C@@H](O)CCCCC)[C@H](O)C[C@@H]1O. The maximum atomic E-state index is 12.5. The Morgan fingerprint density at radius 1 is 0.776 bits per heavy atom. The van der Waals surface area contributed by atoms with Gasteiger partial charge in [-0.05, 0) is 57.3 Å². The molecule has 0 spiro atoms. The molecular formula is C37H65O11P. The lowest BCUT2D eigenvalue weighted by atomic mass is 9.89. The molecule has 1 fully saturated rings. The summed E-state index contributed by atoms with van der Waals surface area (Å²) in [5, 5.41) is 31.1. The molecule has 0 heterocycles. The minimum atomic E-state index is -4.82. The molecule has 0 amide bonds. The average molecular weight is 717 g/mol. The molecular weight excluding hydrogens is 651 g/mol. The number of aliphatic hydroxyl groups excluding tert-OH is 3. The molecule has 0 saturated heterocycles. The van der Waals surface area contributed by atoms with E-state index in [0.29, 0.717) is 32.1 Å². The van der Waals surface area contributed by atoms with Crippen LogP contribution in [0, 0.1) is 11.8 Å². The quantitative estimate of drug-likeness (QED) is 0.0233. The number of hydrogen-bond donors (Lipinski definition) is 5. The number of phosphoric ester groups is 1. The Morgan fingerprint density at radius 2 is 1.41 bits per heavy atom. The van der Waals surface area contributed by atoms with E-state index in [0.717, 1.165) is 57.8 Å². The smallest absolute Gasteiger partial charge is 0.462 e. The highest BCUT2D eigenvalue weighted by Crippen LogP contribution is 2.37. The highest BCUT2D eigenvalue weighted by Gasteiger charge is 2.39. The van der Waals surface area contributed by atoms with Crippen molar-refractivity contribution < 1.29 is 53.3 Å². The number of ether oxygens (including phenoxy) is 2. The lowest BCUT2D eigenvalue weighted by Crippen LogP contribution is -2.29. The van der Waals surface area contributed by atoms with Crippen molar-refractivity contribution in [3.05, 3.63) is 36.5 Å². The van der Waals surface area contributed by atoms with Crippen molar-refractivity contribution in [1.82, 2.24) is 0 Å². The van der Waals surface area contributed by atoms with Crippen molar-refractivity contribution in [1.29, 1.82) is 0 Å². The molecule has 0 aliphatic heterocycles. The third-order valence-corrected chi connectivity index (χ3v) is 9.19. The summed E-state index contributed by atoms with van der Waals surface area (Å²) in [6, 6.07) is 0. The lowest BCUT2D eigenvalue weighted by Gasteiger charge is -2.19. The minimum absolute atomic E-state index is 0.0330. The van der Waals surface area contributed by atoms with E-state index < -0.39 is 50.8 Å². The van der Waals surface area contributed by atoms with Gasteiger partial charge in [0.1, 0.15) is 6.61 Å². The van der Waals surface area contributed by atoms with E-state index in [1.54, 1.807) is 6.08 Å². The van der Waals surface area contributed by atoms with E-state index in [1.165, 1.54) is 12.8 Å². The number of hydrogen-bond acceptors (Lipinski definition) is 9. The Morgan fingerprint density at radius 3 is 2.12 bits per heavy atom. The second-order valence-electron chi connectivity index (χ2n) is 13.2. The number of unbranched alkanes of at least 4 members (excludes halogenated alkanes) is 10. The van der Waals surface area contributed by atoms with Crippen LogP contribution in [-0.4, -0.2) is 74.7 Å². The summed E-state index contributed by atoms with van der Waals surface area (Å²) in [6.45, 7) is 3.31. The third kappa shape index (κ3) is 24.1. The molecule has 0 radical (unpaired) electrons. The second-order valence-corrected chi connectivity index (χ2v) is 14.4. The molecule has 0 aromatic carbocycles. The number of phosphoric acid groups is 1. The summed E-state index contributed by atoms with van der Waals surface area (Å²) in [4.78, 5) is 42.8. The molecule has 0 bridgehead atoms. The van der Waals surface area contributed by atoms with Gasteiger partial charge in [-0.3, -0.25) is 14.1 Å². The topological polar surface area (TPSA) is 180 Å². The molecule has 1 aliphatic carbocycles. The zero-order valence-electron chi connectivity index (χ0n) is 29.9. The number of esters is 2. The van der Waals surface area contributed by atoms with Crippen LogP contribution in [0.3, 0.4) is 0 Å². The maximum absolute atomic E-state index is 12.5. The van der Waals surface area contributed by atoms with E-state index in [4.69, 9.17) is 19.3 Å². The number of aliphatic hydroxyl groups is 3. The van der Waals surface area contributed by atoms with Gasteiger partial charge in [-0.15, -0.1) is 0 Å². The monoisotopic (exact) mass is 716 g/mol. The number of rotatable bonds is 29. The summed E-state index contributed by atoms with van der Waals surface area (Å²) in [7, 11) is -4.82. The van der Waals surface area contributed by atoms with Crippen molar-refractivity contribution >= 4 is 19.8 Å². The summed E-state index contributed by atoms with van der Waals surface area (Å²) in [5.74, 6) is -1.52. The Hall–Kier alpha value is -1.85. The summed E-state index contributed by atoms with van der Waals surface area (Å²) < 4.78 is 26.2. The predicted molar refractivity (Wildman–Crippen MR) is 190 cm³/mol. The van der Waals surface area contributed by atoms with Gasteiger partial charge in [0.2, 0.25) is 0 Å². The molecule has 1 rings (SSSR count). The fourth-order valence-corrected chi connectivity index (χ4v) is 6.18. The van der Waals surface area contributed by atoms with Gasteiger partial charge in [0, 0.05) is 25.2 Å². The Labute approximate surface area is 294 Å². The van der Waals surface area contributed by atoms with Crippen LogP contribution in [-0.2, 0) is 28.2 Å². The van der Waals surface area contributed by atoms with Crippen molar-refractivity contribution in [2.45, 2.75) is 160 Å². The van der Waals surface area contributed by atoms with Crippen molar-refractivity contribution in [2.75, 3.05) is 13.2 Å². The fraction of sp³-hybridized carbons (Fsp3) is 0.784. The van der Waals surface area contributed by atoms with Gasteiger partial charge >= 0.3 is 19.8 Å². The molecule has 284 valence electrons. The van der Waals surface area contributed by atoms with E-state index >= 15 is 0 Å². The molecule has 6 atom stereocenters. The van der Waals surface area contributed by atoms with E-state index in [2.05, 4.69) is 30.5 Å². The first-order chi connectivity index (χ1) is 23.5. The van der Waals surface area contributed by atoms with Crippen LogP contribution in [0.25, 0.3) is 0 Å². The van der Waals surface area contributed by atoms with Gasteiger partial charge in [-0.25, -0.2) is 4.57 Å². The normalized spacial score (nSPS) is 21.2. The average Bonchev–Trinajstić information content (AvgIpc) is 3.32. The van der Waals surface area contributed by atoms with Crippen molar-refractivity contribution in [3.63, 3.8) is 0 Å². The minimum Gasteiger partial charge on any atom is -0.462 e. The van der Waals surface area contributed by atoms with Crippen LogP contribution in [0.2, 0.25) is 0 Å². The van der Waals surface area contributed by atoms with Gasteiger partial charge in [-0.1, -0.05) is 102 Å². The van der Waals surface area contributed by atoms with Crippen molar-refractivity contribution in [3.8, 4) is 0 Å². The van der Waals surface area contributed by atoms with Gasteiger partial charge in [0.05, 0.1) is 24.9 Å². The second kappa shape index (κ2) is 27.8. The van der Waals surface area contributed by atoms with Crippen LogP contribution in [0.4, 0.5) is 0 Å². The zero-order valence-corrected chi connectivity index (χ0v) is 30.8. The van der Waals surface area contributed by atoms with Crippen LogP contribution >= 0.6 is 7.82 Å². The van der Waals surface area contributed by atoms with E-state index in [-0.39, 0.29) is 37.7 Å². The third-order valence-electron chi connectivity index (χ3n) is 8.70. The zero-order chi connectivity index (χ0) is 36.3. The first-order valence-electron chi connectivity index (χ1n) is 18.5. The van der Waals surface area contributed by atoms with Crippen LogP contribution < -0.4 is 0 Å². The number of carbonyl (C=O) groups is 2.